The number of aromatic nitrogens is 3. The summed E-state index contributed by atoms with van der Waals surface area (Å²) in [5.41, 5.74) is 5.13. The average molecular weight is 410 g/mol. The minimum absolute atomic E-state index is 0.298. The summed E-state index contributed by atoms with van der Waals surface area (Å²) in [6.07, 6.45) is 3.25. The van der Waals surface area contributed by atoms with Crippen molar-refractivity contribution in [3.05, 3.63) is 109 Å². The first-order chi connectivity index (χ1) is 15.3. The fraction of sp³-hybridized carbons (Fsp3) is 0.0400. The number of benzene rings is 3. The highest BCUT2D eigenvalue weighted by Gasteiger charge is 2.18. The van der Waals surface area contributed by atoms with E-state index in [1.165, 1.54) is 12.3 Å². The van der Waals surface area contributed by atoms with E-state index in [2.05, 4.69) is 27.7 Å². The van der Waals surface area contributed by atoms with Crippen molar-refractivity contribution in [2.24, 2.45) is 0 Å². The van der Waals surface area contributed by atoms with E-state index >= 15 is 0 Å². The van der Waals surface area contributed by atoms with Gasteiger partial charge < -0.3 is 9.84 Å². The number of hydrogen-bond acceptors (Lipinski definition) is 4. The highest BCUT2D eigenvalue weighted by Crippen LogP contribution is 2.30. The molecule has 0 saturated carbocycles. The molecule has 0 spiro atoms. The fourth-order valence-electron chi connectivity index (χ4n) is 3.56. The summed E-state index contributed by atoms with van der Waals surface area (Å²) in [7, 11) is 0. The van der Waals surface area contributed by atoms with Crippen LogP contribution in [0.2, 0.25) is 0 Å². The molecule has 0 bridgehead atoms. The summed E-state index contributed by atoms with van der Waals surface area (Å²) in [5, 5.41) is 11.6. The van der Waals surface area contributed by atoms with E-state index in [0.717, 1.165) is 22.4 Å². The molecule has 0 atom stereocenters. The van der Waals surface area contributed by atoms with Crippen LogP contribution in [0.4, 0.5) is 10.2 Å². The lowest BCUT2D eigenvalue weighted by molar-refractivity contribution is 0.422. The van der Waals surface area contributed by atoms with Crippen LogP contribution < -0.4 is 5.32 Å². The van der Waals surface area contributed by atoms with Crippen LogP contribution in [0.5, 0.6) is 0 Å². The third-order valence-corrected chi connectivity index (χ3v) is 5.09. The Morgan fingerprint density at radius 2 is 1.58 bits per heavy atom. The molecule has 0 unspecified atom stereocenters. The number of rotatable bonds is 6. The van der Waals surface area contributed by atoms with Crippen molar-refractivity contribution >= 4 is 5.82 Å². The molecule has 5 rings (SSSR count). The number of nitrogens with one attached hydrogen (secondary N) is 1. The summed E-state index contributed by atoms with van der Waals surface area (Å²) in [5.74, 6) is 0.312. The first-order valence-electron chi connectivity index (χ1n) is 9.91. The minimum atomic E-state index is -0.298. The van der Waals surface area contributed by atoms with Crippen LogP contribution in [0.15, 0.2) is 102 Å². The van der Waals surface area contributed by atoms with Gasteiger partial charge >= 0.3 is 0 Å². The van der Waals surface area contributed by atoms with Gasteiger partial charge in [0.05, 0.1) is 17.6 Å². The van der Waals surface area contributed by atoms with E-state index < -0.39 is 0 Å². The molecule has 3 aromatic carbocycles. The average Bonchev–Trinajstić information content (AvgIpc) is 3.49. The Labute approximate surface area is 178 Å². The van der Waals surface area contributed by atoms with E-state index in [9.17, 15) is 4.39 Å². The third kappa shape index (κ3) is 3.83. The molecule has 2 heterocycles. The zero-order valence-electron chi connectivity index (χ0n) is 16.6. The number of nitrogens with zero attached hydrogens (tertiary/aromatic N) is 3. The molecule has 5 nitrogen and oxygen atoms in total. The summed E-state index contributed by atoms with van der Waals surface area (Å²) >= 11 is 0. The van der Waals surface area contributed by atoms with Crippen molar-refractivity contribution in [2.45, 2.75) is 6.54 Å². The number of halogens is 1. The number of hydrogen-bond donors (Lipinski definition) is 1. The van der Waals surface area contributed by atoms with Crippen LogP contribution in [0.25, 0.3) is 28.1 Å². The van der Waals surface area contributed by atoms with E-state index in [1.54, 1.807) is 29.1 Å². The zero-order valence-corrected chi connectivity index (χ0v) is 16.6. The lowest BCUT2D eigenvalue weighted by Crippen LogP contribution is -2.04. The van der Waals surface area contributed by atoms with Crippen LogP contribution in [0, 0.1) is 5.82 Å². The molecule has 5 aromatic rings. The van der Waals surface area contributed by atoms with Crippen molar-refractivity contribution in [3.8, 4) is 28.1 Å². The zero-order chi connectivity index (χ0) is 21.0. The van der Waals surface area contributed by atoms with Gasteiger partial charge in [0.15, 0.2) is 5.82 Å². The molecule has 31 heavy (non-hydrogen) atoms. The van der Waals surface area contributed by atoms with Crippen LogP contribution in [0.1, 0.15) is 5.56 Å². The van der Waals surface area contributed by atoms with Gasteiger partial charge in [0.2, 0.25) is 0 Å². The Bertz CT molecular complexity index is 1280. The third-order valence-electron chi connectivity index (χ3n) is 5.09. The van der Waals surface area contributed by atoms with Gasteiger partial charge in [-0.05, 0) is 35.4 Å². The highest BCUT2D eigenvalue weighted by molar-refractivity contribution is 5.69. The lowest BCUT2D eigenvalue weighted by Gasteiger charge is -2.12. The van der Waals surface area contributed by atoms with Gasteiger partial charge in [0.1, 0.15) is 12.1 Å². The van der Waals surface area contributed by atoms with Crippen molar-refractivity contribution in [2.75, 3.05) is 5.32 Å². The quantitative estimate of drug-likeness (QED) is 0.376. The van der Waals surface area contributed by atoms with Gasteiger partial charge in [0.25, 0.3) is 0 Å². The fourth-order valence-corrected chi connectivity index (χ4v) is 3.56. The Morgan fingerprint density at radius 1 is 0.839 bits per heavy atom. The summed E-state index contributed by atoms with van der Waals surface area (Å²) in [4.78, 5) is 0. The summed E-state index contributed by atoms with van der Waals surface area (Å²) in [6, 6.07) is 26.7. The number of anilines is 1. The van der Waals surface area contributed by atoms with E-state index in [0.29, 0.717) is 23.6 Å². The minimum Gasteiger partial charge on any atom is -0.363 e. The van der Waals surface area contributed by atoms with E-state index in [-0.39, 0.29) is 5.82 Å². The Hall–Kier alpha value is -4.19. The van der Waals surface area contributed by atoms with E-state index in [4.69, 9.17) is 4.52 Å². The molecule has 0 fully saturated rings. The molecule has 0 aliphatic rings. The predicted octanol–water partition coefficient (Wildman–Crippen LogP) is 5.95. The van der Waals surface area contributed by atoms with Crippen LogP contribution in [0.3, 0.4) is 0 Å². The monoisotopic (exact) mass is 410 g/mol. The predicted molar refractivity (Wildman–Crippen MR) is 118 cm³/mol. The Morgan fingerprint density at radius 3 is 2.32 bits per heavy atom. The molecular formula is C25H19FN4O. The van der Waals surface area contributed by atoms with Gasteiger partial charge in [-0.2, -0.15) is 5.10 Å². The van der Waals surface area contributed by atoms with Gasteiger partial charge in [0, 0.05) is 23.7 Å². The normalized spacial score (nSPS) is 10.9. The second-order valence-corrected chi connectivity index (χ2v) is 7.06. The standard InChI is InChI=1S/C25H19FN4O/c26-23-9-5-4-8-22(23)25-20(16-27-24-14-15-31-29-24)17-28-30(25)21-12-10-19(11-13-21)18-6-2-1-3-7-18/h1-15,17H,16H2,(H,27,29). The van der Waals surface area contributed by atoms with Crippen molar-refractivity contribution in [1.82, 2.24) is 14.9 Å². The maximum Gasteiger partial charge on any atom is 0.169 e. The van der Waals surface area contributed by atoms with Crippen LogP contribution >= 0.6 is 0 Å². The Kier molecular flexibility index (Phi) is 5.02. The van der Waals surface area contributed by atoms with Gasteiger partial charge in [-0.15, -0.1) is 0 Å². The van der Waals surface area contributed by atoms with Crippen molar-refractivity contribution in [1.29, 1.82) is 0 Å². The molecule has 0 amide bonds. The van der Waals surface area contributed by atoms with Crippen molar-refractivity contribution in [3.63, 3.8) is 0 Å². The van der Waals surface area contributed by atoms with Gasteiger partial charge in [-0.3, -0.25) is 0 Å². The molecular weight excluding hydrogens is 391 g/mol. The van der Waals surface area contributed by atoms with Gasteiger partial charge in [-0.1, -0.05) is 59.8 Å². The first kappa shape index (κ1) is 18.8. The van der Waals surface area contributed by atoms with Crippen LogP contribution in [-0.4, -0.2) is 14.9 Å². The second kappa shape index (κ2) is 8.28. The van der Waals surface area contributed by atoms with Gasteiger partial charge in [-0.25, -0.2) is 9.07 Å². The summed E-state index contributed by atoms with van der Waals surface area (Å²) < 4.78 is 21.4. The maximum absolute atomic E-state index is 14.7. The molecule has 0 aliphatic carbocycles. The van der Waals surface area contributed by atoms with Crippen LogP contribution in [-0.2, 0) is 6.54 Å². The lowest BCUT2D eigenvalue weighted by atomic mass is 10.0. The smallest absolute Gasteiger partial charge is 0.169 e. The van der Waals surface area contributed by atoms with Crippen molar-refractivity contribution < 1.29 is 8.91 Å². The molecule has 6 heteroatoms. The molecule has 1 N–H and O–H groups in total. The second-order valence-electron chi connectivity index (χ2n) is 7.06. The SMILES string of the molecule is Fc1ccccc1-c1c(CNc2ccon2)cnn1-c1ccc(-c2ccccc2)cc1. The first-order valence-corrected chi connectivity index (χ1v) is 9.91. The van der Waals surface area contributed by atoms with E-state index in [1.807, 2.05) is 48.5 Å². The molecule has 0 aliphatic heterocycles. The topological polar surface area (TPSA) is 55.9 Å². The maximum atomic E-state index is 14.7. The molecule has 2 aromatic heterocycles. The molecule has 0 saturated heterocycles. The molecule has 0 radical (unpaired) electrons. The summed E-state index contributed by atoms with van der Waals surface area (Å²) in [6.45, 7) is 0.429. The molecule has 152 valence electrons. The Balaban J connectivity index is 1.54. The largest absolute Gasteiger partial charge is 0.363 e. The highest BCUT2D eigenvalue weighted by atomic mass is 19.1.